The summed E-state index contributed by atoms with van der Waals surface area (Å²) in [4.78, 5) is 42.4. The van der Waals surface area contributed by atoms with Crippen molar-refractivity contribution in [1.29, 1.82) is 0 Å². The molecule has 2 aliphatic rings. The van der Waals surface area contributed by atoms with Gasteiger partial charge in [-0.05, 0) is 36.1 Å². The third-order valence-electron chi connectivity index (χ3n) is 4.46. The Morgan fingerprint density at radius 2 is 1.65 bits per heavy atom. The number of nitrogens with zero attached hydrogens (tertiary/aromatic N) is 2. The number of ketones is 1. The maximum Gasteiger partial charge on any atom is 0.261 e. The Bertz CT molecular complexity index is 809. The van der Waals surface area contributed by atoms with Gasteiger partial charge in [0, 0.05) is 19.2 Å². The first kappa shape index (κ1) is 13.8. The molecule has 0 bridgehead atoms. The van der Waals surface area contributed by atoms with Gasteiger partial charge in [0.15, 0.2) is 5.78 Å². The van der Waals surface area contributed by atoms with E-state index < -0.39 is 0 Å². The molecule has 4 rings (SSSR count). The van der Waals surface area contributed by atoms with Crippen LogP contribution in [0.3, 0.4) is 0 Å². The van der Waals surface area contributed by atoms with Crippen molar-refractivity contribution in [2.24, 2.45) is 5.92 Å². The summed E-state index contributed by atoms with van der Waals surface area (Å²) in [5.74, 6) is -0.611. The summed E-state index contributed by atoms with van der Waals surface area (Å²) in [5, 5.41) is 0. The van der Waals surface area contributed by atoms with Crippen LogP contribution in [-0.4, -0.2) is 34.0 Å². The first-order valence-electron chi connectivity index (χ1n) is 7.57. The van der Waals surface area contributed by atoms with Crippen LogP contribution in [0.1, 0.15) is 43.2 Å². The van der Waals surface area contributed by atoms with Crippen LogP contribution in [0.25, 0.3) is 0 Å². The normalized spacial score (nSPS) is 19.7. The molecule has 1 aliphatic heterocycles. The predicted octanol–water partition coefficient (Wildman–Crippen LogP) is 2.12. The van der Waals surface area contributed by atoms with Crippen LogP contribution in [0.2, 0.25) is 0 Å². The third-order valence-corrected chi connectivity index (χ3v) is 4.46. The zero-order valence-corrected chi connectivity index (χ0v) is 12.4. The fourth-order valence-corrected chi connectivity index (χ4v) is 3.39. The molecule has 0 fully saturated rings. The topological polar surface area (TPSA) is 67.3 Å². The summed E-state index contributed by atoms with van der Waals surface area (Å²) in [6.45, 7) is 0.270. The van der Waals surface area contributed by atoms with Gasteiger partial charge >= 0.3 is 0 Å². The minimum absolute atomic E-state index is 0.0199. The van der Waals surface area contributed by atoms with Gasteiger partial charge < -0.3 is 0 Å². The molecule has 1 aromatic heterocycles. The molecule has 2 heterocycles. The second-order valence-electron chi connectivity index (χ2n) is 5.98. The summed E-state index contributed by atoms with van der Waals surface area (Å²) < 4.78 is 0. The smallest absolute Gasteiger partial charge is 0.261 e. The summed E-state index contributed by atoms with van der Waals surface area (Å²) in [7, 11) is 0. The maximum atomic E-state index is 12.4. The number of Topliss-reactive ketones (excluding diaryl/α,β-unsaturated/α-hetero) is 1. The van der Waals surface area contributed by atoms with Gasteiger partial charge in [-0.15, -0.1) is 0 Å². The van der Waals surface area contributed by atoms with Gasteiger partial charge in [0.25, 0.3) is 11.8 Å². The molecule has 114 valence electrons. The molecule has 0 saturated carbocycles. The van der Waals surface area contributed by atoms with Crippen molar-refractivity contribution in [3.63, 3.8) is 0 Å². The van der Waals surface area contributed by atoms with Crippen molar-refractivity contribution in [3.05, 3.63) is 65.0 Å². The Labute approximate surface area is 132 Å². The highest BCUT2D eigenvalue weighted by Crippen LogP contribution is 2.28. The summed E-state index contributed by atoms with van der Waals surface area (Å²) in [5.41, 5.74) is 2.31. The number of fused-ring (bicyclic) bond motifs is 2. The average Bonchev–Trinajstić information content (AvgIpc) is 2.81. The maximum absolute atomic E-state index is 12.4. The lowest BCUT2D eigenvalue weighted by molar-refractivity contribution is 0.0614. The number of imide groups is 1. The number of pyridine rings is 1. The fourth-order valence-electron chi connectivity index (χ4n) is 3.39. The monoisotopic (exact) mass is 306 g/mol. The highest BCUT2D eigenvalue weighted by molar-refractivity contribution is 6.21. The van der Waals surface area contributed by atoms with Crippen molar-refractivity contribution < 1.29 is 14.4 Å². The quantitative estimate of drug-likeness (QED) is 0.797. The SMILES string of the molecule is O=C1CC(CN2C(=O)c3ccccc3C2=O)Cc2cccnc21. The van der Waals surface area contributed by atoms with Crippen LogP contribution in [-0.2, 0) is 6.42 Å². The summed E-state index contributed by atoms with van der Waals surface area (Å²) in [6, 6.07) is 10.5. The molecule has 2 aromatic rings. The van der Waals surface area contributed by atoms with Gasteiger partial charge in [0.1, 0.15) is 5.69 Å². The van der Waals surface area contributed by atoms with Crippen LogP contribution in [0.4, 0.5) is 0 Å². The molecule has 0 spiro atoms. The Morgan fingerprint density at radius 3 is 2.35 bits per heavy atom. The van der Waals surface area contributed by atoms with Crippen LogP contribution in [0.15, 0.2) is 42.6 Å². The summed E-state index contributed by atoms with van der Waals surface area (Å²) in [6.07, 6.45) is 2.58. The molecule has 5 nitrogen and oxygen atoms in total. The number of amides is 2. The number of aromatic nitrogens is 1. The van der Waals surface area contributed by atoms with Crippen molar-refractivity contribution in [2.75, 3.05) is 6.54 Å². The van der Waals surface area contributed by atoms with E-state index in [0.717, 1.165) is 5.56 Å². The van der Waals surface area contributed by atoms with E-state index in [1.54, 1.807) is 36.5 Å². The van der Waals surface area contributed by atoms with E-state index in [2.05, 4.69) is 4.98 Å². The van der Waals surface area contributed by atoms with Gasteiger partial charge in [0.05, 0.1) is 11.1 Å². The molecule has 1 unspecified atom stereocenters. The van der Waals surface area contributed by atoms with E-state index in [1.807, 2.05) is 6.07 Å². The van der Waals surface area contributed by atoms with E-state index in [1.165, 1.54) is 4.90 Å². The highest BCUT2D eigenvalue weighted by Gasteiger charge is 2.37. The van der Waals surface area contributed by atoms with Crippen LogP contribution in [0, 0.1) is 5.92 Å². The Balaban J connectivity index is 1.58. The first-order valence-corrected chi connectivity index (χ1v) is 7.57. The molecular weight excluding hydrogens is 292 g/mol. The lowest BCUT2D eigenvalue weighted by atomic mass is 9.85. The van der Waals surface area contributed by atoms with E-state index in [9.17, 15) is 14.4 Å². The highest BCUT2D eigenvalue weighted by atomic mass is 16.2. The van der Waals surface area contributed by atoms with E-state index >= 15 is 0 Å². The summed E-state index contributed by atoms with van der Waals surface area (Å²) >= 11 is 0. The van der Waals surface area contributed by atoms with Crippen molar-refractivity contribution in [1.82, 2.24) is 9.88 Å². The molecule has 0 N–H and O–H groups in total. The minimum Gasteiger partial charge on any atom is -0.292 e. The Hall–Kier alpha value is -2.82. The van der Waals surface area contributed by atoms with Crippen LogP contribution in [0.5, 0.6) is 0 Å². The zero-order valence-electron chi connectivity index (χ0n) is 12.4. The van der Waals surface area contributed by atoms with Crippen molar-refractivity contribution in [3.8, 4) is 0 Å². The largest absolute Gasteiger partial charge is 0.292 e. The fraction of sp³-hybridized carbons (Fsp3) is 0.222. The number of rotatable bonds is 2. The predicted molar refractivity (Wildman–Crippen MR) is 82.2 cm³/mol. The average molecular weight is 306 g/mol. The first-order chi connectivity index (χ1) is 11.1. The molecule has 5 heteroatoms. The number of carbonyl (C=O) groups excluding carboxylic acids is 3. The van der Waals surface area contributed by atoms with Crippen molar-refractivity contribution >= 4 is 17.6 Å². The van der Waals surface area contributed by atoms with Crippen molar-refractivity contribution in [2.45, 2.75) is 12.8 Å². The molecule has 1 atom stereocenters. The zero-order chi connectivity index (χ0) is 16.0. The van der Waals surface area contributed by atoms with Gasteiger partial charge in [-0.3, -0.25) is 24.3 Å². The minimum atomic E-state index is -0.268. The molecule has 2 amide bonds. The molecule has 1 aromatic carbocycles. The lowest BCUT2D eigenvalue weighted by Crippen LogP contribution is -2.37. The second kappa shape index (κ2) is 5.12. The van der Waals surface area contributed by atoms with Gasteiger partial charge in [-0.1, -0.05) is 18.2 Å². The molecule has 1 aliphatic carbocycles. The Morgan fingerprint density at radius 1 is 0.957 bits per heavy atom. The lowest BCUT2D eigenvalue weighted by Gasteiger charge is -2.26. The second-order valence-corrected chi connectivity index (χ2v) is 5.98. The van der Waals surface area contributed by atoms with Gasteiger partial charge in [-0.25, -0.2) is 0 Å². The number of carbonyl (C=O) groups is 3. The van der Waals surface area contributed by atoms with Gasteiger partial charge in [-0.2, -0.15) is 0 Å². The Kier molecular flexibility index (Phi) is 3.08. The van der Waals surface area contributed by atoms with E-state index in [0.29, 0.717) is 29.7 Å². The molecular formula is C18H14N2O3. The van der Waals surface area contributed by atoms with E-state index in [-0.39, 0.29) is 30.1 Å². The van der Waals surface area contributed by atoms with Crippen LogP contribution < -0.4 is 0 Å². The number of hydrogen-bond donors (Lipinski definition) is 0. The van der Waals surface area contributed by atoms with E-state index in [4.69, 9.17) is 0 Å². The molecule has 0 radical (unpaired) electrons. The number of hydrogen-bond acceptors (Lipinski definition) is 4. The number of benzene rings is 1. The van der Waals surface area contributed by atoms with Crippen LogP contribution >= 0.6 is 0 Å². The third kappa shape index (κ3) is 2.16. The molecule has 23 heavy (non-hydrogen) atoms. The van der Waals surface area contributed by atoms with Gasteiger partial charge in [0.2, 0.25) is 0 Å². The molecule has 0 saturated heterocycles. The standard InChI is InChI=1S/C18H14N2O3/c21-15-9-11(8-12-4-3-7-19-16(12)15)10-20-17(22)13-5-1-2-6-14(13)18(20)23/h1-7,11H,8-10H2.